The van der Waals surface area contributed by atoms with Gasteiger partial charge in [0.25, 0.3) is 0 Å². The van der Waals surface area contributed by atoms with Gasteiger partial charge in [-0.05, 0) is 57.7 Å². The number of benzene rings is 1. The van der Waals surface area contributed by atoms with Crippen LogP contribution in [0.25, 0.3) is 0 Å². The quantitative estimate of drug-likeness (QED) is 0.648. The fraction of sp³-hybridized carbons (Fsp3) is 0.692. The first kappa shape index (κ1) is 24.9. The molecule has 0 bridgehead atoms. The molecule has 2 atom stereocenters. The molecule has 34 heavy (non-hydrogen) atoms. The average Bonchev–Trinajstić information content (AvgIpc) is 3.02. The highest BCUT2D eigenvalue weighted by Crippen LogP contribution is 2.28. The molecule has 0 N–H and O–H groups in total. The molecule has 8 heteroatoms. The molecule has 0 radical (unpaired) electrons. The lowest BCUT2D eigenvalue weighted by Gasteiger charge is -2.37. The zero-order valence-corrected chi connectivity index (χ0v) is 20.7. The van der Waals surface area contributed by atoms with Crippen LogP contribution in [0.2, 0.25) is 0 Å². The van der Waals surface area contributed by atoms with Crippen molar-refractivity contribution in [2.45, 2.75) is 83.3 Å². The molecule has 2 amide bonds. The number of ether oxygens (including phenoxy) is 2. The van der Waals surface area contributed by atoms with Crippen LogP contribution in [0.5, 0.6) is 0 Å². The van der Waals surface area contributed by atoms with Crippen LogP contribution in [0, 0.1) is 5.82 Å². The molecule has 0 aromatic heterocycles. The molecule has 4 rings (SSSR count). The second-order valence-corrected chi connectivity index (χ2v) is 10.7. The number of rotatable bonds is 5. The first-order valence-corrected chi connectivity index (χ1v) is 12.6. The van der Waals surface area contributed by atoms with Gasteiger partial charge in [-0.25, -0.2) is 9.18 Å². The second kappa shape index (κ2) is 10.6. The molecule has 1 aliphatic carbocycles. The van der Waals surface area contributed by atoms with Gasteiger partial charge in [0.05, 0.1) is 19.3 Å². The lowest BCUT2D eigenvalue weighted by Crippen LogP contribution is -2.50. The predicted molar refractivity (Wildman–Crippen MR) is 127 cm³/mol. The number of likely N-dealkylation sites (tertiary alicyclic amines) is 1. The second-order valence-electron chi connectivity index (χ2n) is 10.7. The molecule has 188 valence electrons. The van der Waals surface area contributed by atoms with Crippen LogP contribution < -0.4 is 0 Å². The van der Waals surface area contributed by atoms with Crippen LogP contribution in [0.4, 0.5) is 9.18 Å². The van der Waals surface area contributed by atoms with Gasteiger partial charge in [-0.15, -0.1) is 0 Å². The average molecular weight is 476 g/mol. The van der Waals surface area contributed by atoms with Crippen LogP contribution in [0.3, 0.4) is 0 Å². The molecular weight excluding hydrogens is 437 g/mol. The molecule has 1 saturated carbocycles. The van der Waals surface area contributed by atoms with Crippen molar-refractivity contribution in [2.24, 2.45) is 0 Å². The third kappa shape index (κ3) is 6.27. The molecule has 7 nitrogen and oxygen atoms in total. The summed E-state index contributed by atoms with van der Waals surface area (Å²) in [6, 6.07) is 6.34. The van der Waals surface area contributed by atoms with Gasteiger partial charge < -0.3 is 14.4 Å². The van der Waals surface area contributed by atoms with Crippen molar-refractivity contribution in [3.8, 4) is 0 Å². The van der Waals surface area contributed by atoms with Crippen LogP contribution in [-0.4, -0.2) is 83.2 Å². The van der Waals surface area contributed by atoms with Crippen molar-refractivity contribution in [3.63, 3.8) is 0 Å². The summed E-state index contributed by atoms with van der Waals surface area (Å²) in [5.41, 5.74) is 0.0686. The summed E-state index contributed by atoms with van der Waals surface area (Å²) in [6.07, 6.45) is 4.36. The van der Waals surface area contributed by atoms with Gasteiger partial charge in [0.15, 0.2) is 0 Å². The van der Waals surface area contributed by atoms with Crippen molar-refractivity contribution in [2.75, 3.05) is 32.7 Å². The topological polar surface area (TPSA) is 62.3 Å². The normalized spacial score (nSPS) is 24.6. The lowest BCUT2D eigenvalue weighted by molar-refractivity contribution is -0.135. The number of carbonyl (C=O) groups is 2. The molecule has 0 spiro atoms. The Morgan fingerprint density at radius 3 is 2.56 bits per heavy atom. The zero-order valence-electron chi connectivity index (χ0n) is 20.7. The van der Waals surface area contributed by atoms with Crippen molar-refractivity contribution < 1.29 is 23.5 Å². The number of nitrogens with zero attached hydrogens (tertiary/aromatic N) is 3. The van der Waals surface area contributed by atoms with Gasteiger partial charge in [0, 0.05) is 38.6 Å². The Hall–Kier alpha value is -2.19. The van der Waals surface area contributed by atoms with Crippen LogP contribution in [-0.2, 0) is 20.9 Å². The van der Waals surface area contributed by atoms with E-state index in [9.17, 15) is 14.0 Å². The third-order valence-electron chi connectivity index (χ3n) is 6.98. The van der Waals surface area contributed by atoms with E-state index < -0.39 is 17.7 Å². The fourth-order valence-corrected chi connectivity index (χ4v) is 5.00. The first-order valence-electron chi connectivity index (χ1n) is 12.6. The molecule has 2 heterocycles. The van der Waals surface area contributed by atoms with Gasteiger partial charge in [-0.3, -0.25) is 14.6 Å². The Labute approximate surface area is 202 Å². The summed E-state index contributed by atoms with van der Waals surface area (Å²) in [6.45, 7) is 9.26. The molecule has 3 fully saturated rings. The van der Waals surface area contributed by atoms with Gasteiger partial charge in [-0.1, -0.05) is 18.6 Å². The monoisotopic (exact) mass is 475 g/mol. The molecule has 2 aliphatic heterocycles. The molecule has 2 unspecified atom stereocenters. The van der Waals surface area contributed by atoms with E-state index in [-0.39, 0.29) is 31.0 Å². The van der Waals surface area contributed by atoms with Crippen LogP contribution in [0.15, 0.2) is 24.3 Å². The third-order valence-corrected chi connectivity index (χ3v) is 6.98. The maximum absolute atomic E-state index is 13.6. The summed E-state index contributed by atoms with van der Waals surface area (Å²) < 4.78 is 25.2. The Kier molecular flexibility index (Phi) is 7.77. The summed E-state index contributed by atoms with van der Waals surface area (Å²) >= 11 is 0. The zero-order chi connectivity index (χ0) is 24.3. The van der Waals surface area contributed by atoms with Crippen molar-refractivity contribution in [3.05, 3.63) is 35.6 Å². The summed E-state index contributed by atoms with van der Waals surface area (Å²) in [7, 11) is 0. The molecule has 3 aliphatic rings. The first-order chi connectivity index (χ1) is 16.2. The van der Waals surface area contributed by atoms with Crippen molar-refractivity contribution >= 4 is 12.0 Å². The highest BCUT2D eigenvalue weighted by Gasteiger charge is 2.44. The Balaban J connectivity index is 1.42. The van der Waals surface area contributed by atoms with E-state index in [1.165, 1.54) is 36.3 Å². The van der Waals surface area contributed by atoms with E-state index in [1.54, 1.807) is 12.1 Å². The highest BCUT2D eigenvalue weighted by atomic mass is 19.1. The number of carbonyl (C=O) groups excluding carboxylic acids is 2. The lowest BCUT2D eigenvalue weighted by atomic mass is 9.91. The van der Waals surface area contributed by atoms with E-state index in [4.69, 9.17) is 9.47 Å². The molecule has 1 aromatic carbocycles. The highest BCUT2D eigenvalue weighted by molar-refractivity contribution is 5.86. The predicted octanol–water partition coefficient (Wildman–Crippen LogP) is 3.81. The number of halogens is 1. The minimum Gasteiger partial charge on any atom is -0.444 e. The number of hydrogen-bond acceptors (Lipinski definition) is 5. The largest absolute Gasteiger partial charge is 0.444 e. The van der Waals surface area contributed by atoms with Crippen molar-refractivity contribution in [1.29, 1.82) is 0 Å². The van der Waals surface area contributed by atoms with E-state index in [0.29, 0.717) is 25.6 Å². The molecule has 1 aromatic rings. The fourth-order valence-electron chi connectivity index (χ4n) is 5.00. The molecule has 2 saturated heterocycles. The van der Waals surface area contributed by atoms with Crippen LogP contribution in [0.1, 0.15) is 58.4 Å². The standard InChI is InChI=1S/C26H38FN3O4/c1-26(2,3)34-25(32)30-17-22(33-18-19-7-4-8-20(27)15-19)16-23(30)24(31)29-12-6-11-28(13-14-29)21-9-5-10-21/h4,7-8,15,21-23H,5-6,9-14,16-18H2,1-3H3. The summed E-state index contributed by atoms with van der Waals surface area (Å²) in [4.78, 5) is 32.6. The van der Waals surface area contributed by atoms with Gasteiger partial charge >= 0.3 is 6.09 Å². The minimum atomic E-state index is -0.656. The SMILES string of the molecule is CC(C)(C)OC(=O)N1CC(OCc2cccc(F)c2)CC1C(=O)N1CCCN(C2CCC2)CC1. The van der Waals surface area contributed by atoms with Gasteiger partial charge in [0.1, 0.15) is 17.5 Å². The maximum Gasteiger partial charge on any atom is 0.411 e. The van der Waals surface area contributed by atoms with E-state index in [2.05, 4.69) is 4.90 Å². The smallest absolute Gasteiger partial charge is 0.411 e. The Morgan fingerprint density at radius 2 is 1.88 bits per heavy atom. The number of hydrogen-bond donors (Lipinski definition) is 0. The van der Waals surface area contributed by atoms with Gasteiger partial charge in [0.2, 0.25) is 5.91 Å². The minimum absolute atomic E-state index is 0.0295. The van der Waals surface area contributed by atoms with Gasteiger partial charge in [-0.2, -0.15) is 0 Å². The number of amides is 2. The Bertz CT molecular complexity index is 870. The van der Waals surface area contributed by atoms with Crippen LogP contribution >= 0.6 is 0 Å². The summed E-state index contributed by atoms with van der Waals surface area (Å²) in [5, 5.41) is 0. The Morgan fingerprint density at radius 1 is 1.09 bits per heavy atom. The summed E-state index contributed by atoms with van der Waals surface area (Å²) in [5.74, 6) is -0.341. The van der Waals surface area contributed by atoms with E-state index >= 15 is 0 Å². The van der Waals surface area contributed by atoms with Crippen molar-refractivity contribution in [1.82, 2.24) is 14.7 Å². The van der Waals surface area contributed by atoms with E-state index in [1.807, 2.05) is 25.7 Å². The molecular formula is C26H38FN3O4. The van der Waals surface area contributed by atoms with E-state index in [0.717, 1.165) is 25.1 Å². The maximum atomic E-state index is 13.6.